The first kappa shape index (κ1) is 20.0. The summed E-state index contributed by atoms with van der Waals surface area (Å²) in [4.78, 5) is 21.5. The molecule has 0 unspecified atom stereocenters. The van der Waals surface area contributed by atoms with E-state index < -0.39 is 46.4 Å². The molecule has 0 radical (unpaired) electrons. The number of halogens is 1. The lowest BCUT2D eigenvalue weighted by molar-refractivity contribution is -0.599. The molecule has 0 aliphatic carbocycles. The lowest BCUT2D eigenvalue weighted by Gasteiger charge is -2.08. The number of hydrogen-bond donors (Lipinski definition) is 2. The third-order valence-electron chi connectivity index (χ3n) is 3.39. The van der Waals surface area contributed by atoms with Crippen LogP contribution in [0.1, 0.15) is 16.7 Å². The number of aliphatic carboxylic acids is 2. The van der Waals surface area contributed by atoms with Gasteiger partial charge >= 0.3 is 33.1 Å². The molecule has 2 N–H and O–H groups in total. The van der Waals surface area contributed by atoms with Gasteiger partial charge in [0.1, 0.15) is 5.75 Å². The highest BCUT2D eigenvalue weighted by molar-refractivity contribution is 5.69. The van der Waals surface area contributed by atoms with Gasteiger partial charge in [0, 0.05) is 17.2 Å². The third kappa shape index (κ3) is 5.62. The van der Waals surface area contributed by atoms with E-state index in [-0.39, 0.29) is 0 Å². The molecule has 0 heterocycles. The van der Waals surface area contributed by atoms with Crippen LogP contribution < -0.4 is 30.7 Å². The predicted molar refractivity (Wildman–Crippen MR) is 90.8 cm³/mol. The Labute approximate surface area is 162 Å². The summed E-state index contributed by atoms with van der Waals surface area (Å²) in [7, 11) is 0. The van der Waals surface area contributed by atoms with Crippen LogP contribution in [-0.4, -0.2) is 35.4 Å². The van der Waals surface area contributed by atoms with E-state index in [4.69, 9.17) is 19.7 Å². The Morgan fingerprint density at radius 2 is 1.50 bits per heavy atom. The van der Waals surface area contributed by atoms with Crippen LogP contribution >= 0.6 is 0 Å². The van der Waals surface area contributed by atoms with Crippen LogP contribution in [0.2, 0.25) is 0 Å². The van der Waals surface area contributed by atoms with Crippen LogP contribution in [0.15, 0.2) is 30.3 Å². The topological polar surface area (TPSA) is 93.1 Å². The van der Waals surface area contributed by atoms with Crippen LogP contribution in [0.5, 0.6) is 11.5 Å². The van der Waals surface area contributed by atoms with Gasteiger partial charge in [-0.15, -0.1) is 0 Å². The monoisotopic (exact) mass is 471 g/mol. The summed E-state index contributed by atoms with van der Waals surface area (Å²) < 4.78 is 12.8. The molecule has 0 saturated heterocycles. The minimum absolute atomic E-state index is 0.331. The molecule has 0 saturated carbocycles. The highest BCUT2D eigenvalue weighted by Gasteiger charge is 2.26. The number of benzene rings is 2. The Kier molecular flexibility index (Phi) is 6.84. The van der Waals surface area contributed by atoms with Gasteiger partial charge in [-0.3, -0.25) is 0 Å². The van der Waals surface area contributed by atoms with E-state index >= 15 is 0 Å². The van der Waals surface area contributed by atoms with Gasteiger partial charge in [-0.25, -0.2) is 9.59 Å². The normalized spacial score (nSPS) is 10.4. The summed E-state index contributed by atoms with van der Waals surface area (Å²) in [6.45, 7) is 5.25. The fourth-order valence-corrected chi connectivity index (χ4v) is 5.14. The number of hydrogen-bond acceptors (Lipinski definition) is 4. The molecule has 26 heavy (non-hydrogen) atoms. The lowest BCUT2D eigenvalue weighted by Crippen LogP contribution is -3.62. The summed E-state index contributed by atoms with van der Waals surface area (Å²) >= 11 is -0.607. The van der Waals surface area contributed by atoms with E-state index in [0.717, 1.165) is 3.57 Å². The molecular formula is C19H20IO6+. The van der Waals surface area contributed by atoms with Gasteiger partial charge in [0.25, 0.3) is 0 Å². The Bertz CT molecular complexity index is 808. The standard InChI is InChI=1S/C19H19IO6/c1-11-6-12(2)19(13(3)7-11)20-15-5-4-14(25-9-17(21)22)8-16(15)26-10-18(23)24/h4-8H,9-10H2,1-3H3,(H-,21,22,23,24)/p+1. The first-order chi connectivity index (χ1) is 12.3. The van der Waals surface area contributed by atoms with E-state index in [1.165, 1.54) is 20.3 Å². The zero-order valence-electron chi connectivity index (χ0n) is 14.7. The first-order valence-corrected chi connectivity index (χ1v) is 9.98. The molecule has 0 bridgehead atoms. The number of carboxylic acid groups (broad SMARTS) is 2. The fourth-order valence-electron chi connectivity index (χ4n) is 2.46. The van der Waals surface area contributed by atoms with Gasteiger partial charge in [0.05, 0.1) is 0 Å². The first-order valence-electron chi connectivity index (χ1n) is 7.82. The SMILES string of the molecule is Cc1cc(C)c([I+]c2ccc(OCC(=O)O)cc2OCC(=O)O)c(C)c1. The van der Waals surface area contributed by atoms with Gasteiger partial charge in [0.2, 0.25) is 3.57 Å². The molecule has 2 rings (SSSR count). The van der Waals surface area contributed by atoms with Crippen molar-refractivity contribution in [1.29, 1.82) is 0 Å². The van der Waals surface area contributed by atoms with Crippen molar-refractivity contribution in [2.75, 3.05) is 13.2 Å². The van der Waals surface area contributed by atoms with E-state index in [1.54, 1.807) is 12.1 Å². The van der Waals surface area contributed by atoms with E-state index in [2.05, 4.69) is 32.9 Å². The number of ether oxygens (including phenoxy) is 2. The van der Waals surface area contributed by atoms with Crippen molar-refractivity contribution in [3.8, 4) is 11.5 Å². The van der Waals surface area contributed by atoms with Gasteiger partial charge in [-0.05, 0) is 32.9 Å². The second kappa shape index (κ2) is 8.88. The Morgan fingerprint density at radius 1 is 0.923 bits per heavy atom. The van der Waals surface area contributed by atoms with E-state index in [9.17, 15) is 9.59 Å². The van der Waals surface area contributed by atoms with E-state index in [0.29, 0.717) is 11.5 Å². The molecule has 0 amide bonds. The largest absolute Gasteiger partial charge is 0.482 e. The van der Waals surface area contributed by atoms with Gasteiger partial charge in [-0.2, -0.15) is 0 Å². The maximum Gasteiger partial charge on any atom is 0.362 e. The summed E-state index contributed by atoms with van der Waals surface area (Å²) in [6, 6.07) is 9.32. The molecular weight excluding hydrogens is 451 g/mol. The van der Waals surface area contributed by atoms with E-state index in [1.807, 2.05) is 6.07 Å². The molecule has 0 spiro atoms. The van der Waals surface area contributed by atoms with Crippen LogP contribution in [0, 0.1) is 27.9 Å². The number of aryl methyl sites for hydroxylation is 3. The second-order valence-corrected chi connectivity index (χ2v) is 8.54. The summed E-state index contributed by atoms with van der Waals surface area (Å²) in [5.41, 5.74) is 3.60. The molecule has 6 nitrogen and oxygen atoms in total. The van der Waals surface area contributed by atoms with Crippen molar-refractivity contribution in [2.24, 2.45) is 0 Å². The Hall–Kier alpha value is -2.29. The average molecular weight is 471 g/mol. The van der Waals surface area contributed by atoms with Crippen LogP contribution in [0.4, 0.5) is 0 Å². The second-order valence-electron chi connectivity index (χ2n) is 5.76. The Morgan fingerprint density at radius 3 is 2.08 bits per heavy atom. The molecule has 0 aliphatic heterocycles. The van der Waals surface area contributed by atoms with Crippen LogP contribution in [-0.2, 0) is 9.59 Å². The number of rotatable bonds is 8. The molecule has 138 valence electrons. The number of carbonyl (C=O) groups is 2. The minimum Gasteiger partial charge on any atom is -0.482 e. The Balaban J connectivity index is 2.33. The van der Waals surface area contributed by atoms with Crippen molar-refractivity contribution in [1.82, 2.24) is 0 Å². The average Bonchev–Trinajstić information content (AvgIpc) is 2.55. The smallest absolute Gasteiger partial charge is 0.362 e. The molecule has 0 fully saturated rings. The van der Waals surface area contributed by atoms with Crippen molar-refractivity contribution < 1.29 is 50.5 Å². The molecule has 0 aliphatic rings. The zero-order chi connectivity index (χ0) is 19.3. The van der Waals surface area contributed by atoms with Gasteiger partial charge in [0.15, 0.2) is 22.5 Å². The molecule has 2 aromatic carbocycles. The van der Waals surface area contributed by atoms with Crippen molar-refractivity contribution in [3.63, 3.8) is 0 Å². The molecule has 2 aromatic rings. The summed E-state index contributed by atoms with van der Waals surface area (Å²) in [5.74, 6) is -1.41. The highest BCUT2D eigenvalue weighted by Crippen LogP contribution is 2.20. The summed E-state index contributed by atoms with van der Waals surface area (Å²) in [6.07, 6.45) is 0. The van der Waals surface area contributed by atoms with Crippen LogP contribution in [0.25, 0.3) is 0 Å². The molecule has 0 aromatic heterocycles. The lowest BCUT2D eigenvalue weighted by atomic mass is 10.1. The fraction of sp³-hybridized carbons (Fsp3) is 0.263. The minimum atomic E-state index is -1.08. The van der Waals surface area contributed by atoms with Crippen LogP contribution in [0.3, 0.4) is 0 Å². The zero-order valence-corrected chi connectivity index (χ0v) is 16.9. The van der Waals surface area contributed by atoms with Crippen molar-refractivity contribution in [2.45, 2.75) is 20.8 Å². The molecule has 0 atom stereocenters. The van der Waals surface area contributed by atoms with Crippen molar-refractivity contribution in [3.05, 3.63) is 54.2 Å². The molecule has 7 heteroatoms. The quantitative estimate of drug-likeness (QED) is 0.513. The maximum absolute atomic E-state index is 10.9. The third-order valence-corrected chi connectivity index (χ3v) is 7.11. The van der Waals surface area contributed by atoms with Crippen molar-refractivity contribution >= 4 is 11.9 Å². The maximum atomic E-state index is 10.9. The van der Waals surface area contributed by atoms with Gasteiger partial charge in [-0.1, -0.05) is 17.7 Å². The predicted octanol–water partition coefficient (Wildman–Crippen LogP) is -0.333. The van der Waals surface area contributed by atoms with Gasteiger partial charge < -0.3 is 19.7 Å². The number of carboxylic acids is 2. The highest BCUT2D eigenvalue weighted by atomic mass is 127. The summed E-state index contributed by atoms with van der Waals surface area (Å²) in [5, 5.41) is 17.6.